The van der Waals surface area contributed by atoms with E-state index in [1.54, 1.807) is 12.5 Å². The van der Waals surface area contributed by atoms with E-state index in [0.29, 0.717) is 24.2 Å². The fourth-order valence-corrected chi connectivity index (χ4v) is 3.15. The number of furan rings is 1. The molecule has 4 rings (SSSR count). The van der Waals surface area contributed by atoms with E-state index < -0.39 is 0 Å². The third-order valence-corrected chi connectivity index (χ3v) is 4.49. The molecule has 25 heavy (non-hydrogen) atoms. The largest absolute Gasteiger partial charge is 0.459 e. The average molecular weight is 339 g/mol. The van der Waals surface area contributed by atoms with Crippen LogP contribution in [0.1, 0.15) is 24.3 Å². The van der Waals surface area contributed by atoms with E-state index in [-0.39, 0.29) is 0 Å². The number of hydrogen-bond donors (Lipinski definition) is 1. The van der Waals surface area contributed by atoms with Crippen molar-refractivity contribution in [2.45, 2.75) is 32.4 Å². The number of anilines is 1. The first-order chi connectivity index (χ1) is 12.3. The highest BCUT2D eigenvalue weighted by atomic mass is 16.4. The molecule has 3 aromatic heterocycles. The molecular formula is C18H21N5O2. The minimum atomic E-state index is 0.388. The van der Waals surface area contributed by atoms with Crippen LogP contribution in [0.3, 0.4) is 0 Å². The zero-order chi connectivity index (χ0) is 17.1. The maximum absolute atomic E-state index is 5.72. The van der Waals surface area contributed by atoms with Gasteiger partial charge in [0.05, 0.1) is 12.0 Å². The van der Waals surface area contributed by atoms with Gasteiger partial charge in [-0.2, -0.15) is 5.10 Å². The van der Waals surface area contributed by atoms with Gasteiger partial charge < -0.3 is 19.1 Å². The van der Waals surface area contributed by atoms with Crippen molar-refractivity contribution in [1.29, 1.82) is 0 Å². The Kier molecular flexibility index (Phi) is 4.47. The third-order valence-electron chi connectivity index (χ3n) is 4.49. The van der Waals surface area contributed by atoms with E-state index in [1.807, 2.05) is 31.2 Å². The Morgan fingerprint density at radius 1 is 1.32 bits per heavy atom. The SMILES string of the molecule is Cc1oc(-c2ccco2)nc1CN[C@H]1CCCN(c2cccnn2)C1. The number of aryl methyl sites for hydroxylation is 1. The predicted octanol–water partition coefficient (Wildman–Crippen LogP) is 2.79. The number of oxazole rings is 1. The summed E-state index contributed by atoms with van der Waals surface area (Å²) in [6, 6.07) is 8.00. The molecule has 1 N–H and O–H groups in total. The van der Waals surface area contributed by atoms with Crippen LogP contribution in [-0.2, 0) is 6.54 Å². The molecule has 3 aromatic rings. The van der Waals surface area contributed by atoms with Gasteiger partial charge in [0.1, 0.15) is 5.76 Å². The van der Waals surface area contributed by atoms with E-state index in [4.69, 9.17) is 8.83 Å². The molecule has 1 aliphatic heterocycles. The Bertz CT molecular complexity index is 800. The van der Waals surface area contributed by atoms with E-state index in [1.165, 1.54) is 0 Å². The molecule has 1 atom stereocenters. The highest BCUT2D eigenvalue weighted by Crippen LogP contribution is 2.22. The Labute approximate surface area is 146 Å². The van der Waals surface area contributed by atoms with Gasteiger partial charge in [0.15, 0.2) is 11.6 Å². The fourth-order valence-electron chi connectivity index (χ4n) is 3.15. The van der Waals surface area contributed by atoms with Crippen molar-refractivity contribution >= 4 is 5.82 Å². The topological polar surface area (TPSA) is 80.2 Å². The molecule has 0 aliphatic carbocycles. The number of hydrogen-bond acceptors (Lipinski definition) is 7. The van der Waals surface area contributed by atoms with Crippen LogP contribution >= 0.6 is 0 Å². The van der Waals surface area contributed by atoms with Crippen molar-refractivity contribution < 1.29 is 8.83 Å². The number of piperidine rings is 1. The van der Waals surface area contributed by atoms with Gasteiger partial charge in [-0.1, -0.05) is 0 Å². The highest BCUT2D eigenvalue weighted by Gasteiger charge is 2.22. The molecule has 130 valence electrons. The summed E-state index contributed by atoms with van der Waals surface area (Å²) in [7, 11) is 0. The summed E-state index contributed by atoms with van der Waals surface area (Å²) >= 11 is 0. The van der Waals surface area contributed by atoms with Gasteiger partial charge in [0.25, 0.3) is 5.89 Å². The van der Waals surface area contributed by atoms with E-state index in [0.717, 1.165) is 43.2 Å². The molecule has 0 bridgehead atoms. The second-order valence-electron chi connectivity index (χ2n) is 6.25. The van der Waals surface area contributed by atoms with Crippen LogP contribution in [0, 0.1) is 6.92 Å². The first kappa shape index (κ1) is 15.8. The van der Waals surface area contributed by atoms with Crippen LogP contribution in [0.5, 0.6) is 0 Å². The summed E-state index contributed by atoms with van der Waals surface area (Å²) in [4.78, 5) is 6.83. The normalized spacial score (nSPS) is 17.8. The standard InChI is InChI=1S/C18H21N5O2/c1-13-15(21-18(25-13)16-6-4-10-24-16)11-19-14-5-3-9-23(12-14)17-7-2-8-20-22-17/h2,4,6-8,10,14,19H,3,5,9,11-12H2,1H3/t14-/m0/s1. The summed E-state index contributed by atoms with van der Waals surface area (Å²) in [6.07, 6.45) is 5.59. The quantitative estimate of drug-likeness (QED) is 0.765. The molecule has 7 nitrogen and oxygen atoms in total. The van der Waals surface area contributed by atoms with E-state index >= 15 is 0 Å². The number of nitrogens with one attached hydrogen (secondary N) is 1. The van der Waals surface area contributed by atoms with E-state index in [2.05, 4.69) is 25.4 Å². The lowest BCUT2D eigenvalue weighted by molar-refractivity contribution is 0.416. The fraction of sp³-hybridized carbons (Fsp3) is 0.389. The van der Waals surface area contributed by atoms with Crippen LogP contribution < -0.4 is 10.2 Å². The Balaban J connectivity index is 1.38. The van der Waals surface area contributed by atoms with Gasteiger partial charge in [-0.3, -0.25) is 0 Å². The molecular weight excluding hydrogens is 318 g/mol. The maximum Gasteiger partial charge on any atom is 0.263 e. The molecule has 0 amide bonds. The monoisotopic (exact) mass is 339 g/mol. The predicted molar refractivity (Wildman–Crippen MR) is 93.0 cm³/mol. The van der Waals surface area contributed by atoms with Crippen molar-refractivity contribution in [2.75, 3.05) is 18.0 Å². The van der Waals surface area contributed by atoms with E-state index in [9.17, 15) is 0 Å². The van der Waals surface area contributed by atoms with Crippen molar-refractivity contribution in [1.82, 2.24) is 20.5 Å². The van der Waals surface area contributed by atoms with Crippen LogP contribution in [0.15, 0.2) is 45.6 Å². The molecule has 1 fully saturated rings. The van der Waals surface area contributed by atoms with Crippen LogP contribution in [0.2, 0.25) is 0 Å². The van der Waals surface area contributed by atoms with Crippen molar-refractivity contribution in [3.8, 4) is 11.7 Å². The zero-order valence-electron chi connectivity index (χ0n) is 14.2. The minimum Gasteiger partial charge on any atom is -0.459 e. The van der Waals surface area contributed by atoms with Gasteiger partial charge in [-0.15, -0.1) is 5.10 Å². The summed E-state index contributed by atoms with van der Waals surface area (Å²) in [5.41, 5.74) is 0.919. The second-order valence-corrected chi connectivity index (χ2v) is 6.25. The molecule has 0 radical (unpaired) electrons. The highest BCUT2D eigenvalue weighted by molar-refractivity contribution is 5.44. The second kappa shape index (κ2) is 7.06. The molecule has 7 heteroatoms. The van der Waals surface area contributed by atoms with Crippen molar-refractivity contribution in [3.63, 3.8) is 0 Å². The number of aromatic nitrogens is 3. The van der Waals surface area contributed by atoms with Gasteiger partial charge in [-0.25, -0.2) is 4.98 Å². The maximum atomic E-state index is 5.72. The van der Waals surface area contributed by atoms with Gasteiger partial charge in [0.2, 0.25) is 0 Å². The molecule has 0 unspecified atom stereocenters. The third kappa shape index (κ3) is 3.56. The van der Waals surface area contributed by atoms with Crippen LogP contribution in [-0.4, -0.2) is 34.3 Å². The first-order valence-electron chi connectivity index (χ1n) is 8.56. The summed E-state index contributed by atoms with van der Waals surface area (Å²) in [6.45, 7) is 4.54. The molecule has 0 spiro atoms. The summed E-state index contributed by atoms with van der Waals surface area (Å²) in [5, 5.41) is 11.8. The molecule has 1 saturated heterocycles. The van der Waals surface area contributed by atoms with Crippen LogP contribution in [0.4, 0.5) is 5.82 Å². The molecule has 1 aliphatic rings. The lowest BCUT2D eigenvalue weighted by atomic mass is 10.1. The molecule has 4 heterocycles. The minimum absolute atomic E-state index is 0.388. The Morgan fingerprint density at radius 3 is 3.08 bits per heavy atom. The number of nitrogens with zero attached hydrogens (tertiary/aromatic N) is 4. The molecule has 0 saturated carbocycles. The average Bonchev–Trinajstić information content (AvgIpc) is 3.31. The number of rotatable bonds is 5. The first-order valence-corrected chi connectivity index (χ1v) is 8.56. The van der Waals surface area contributed by atoms with Gasteiger partial charge >= 0.3 is 0 Å². The Hall–Kier alpha value is -2.67. The lowest BCUT2D eigenvalue weighted by Crippen LogP contribution is -2.45. The van der Waals surface area contributed by atoms with Crippen LogP contribution in [0.25, 0.3) is 11.7 Å². The summed E-state index contributed by atoms with van der Waals surface area (Å²) in [5.74, 6) is 2.94. The zero-order valence-corrected chi connectivity index (χ0v) is 14.2. The van der Waals surface area contributed by atoms with Gasteiger partial charge in [-0.05, 0) is 44.0 Å². The molecule has 0 aromatic carbocycles. The summed E-state index contributed by atoms with van der Waals surface area (Å²) < 4.78 is 11.1. The smallest absolute Gasteiger partial charge is 0.263 e. The van der Waals surface area contributed by atoms with Gasteiger partial charge in [0, 0.05) is 31.9 Å². The van der Waals surface area contributed by atoms with Crippen molar-refractivity contribution in [3.05, 3.63) is 48.2 Å². The Morgan fingerprint density at radius 2 is 2.28 bits per heavy atom. The van der Waals surface area contributed by atoms with Crippen molar-refractivity contribution in [2.24, 2.45) is 0 Å². The lowest BCUT2D eigenvalue weighted by Gasteiger charge is -2.33.